The van der Waals surface area contributed by atoms with Gasteiger partial charge in [-0.3, -0.25) is 9.59 Å². The highest BCUT2D eigenvalue weighted by molar-refractivity contribution is 5.94. The summed E-state index contributed by atoms with van der Waals surface area (Å²) in [5.41, 5.74) is 4.54. The minimum Gasteiger partial charge on any atom is -0.352 e. The van der Waals surface area contributed by atoms with Crippen LogP contribution in [0.3, 0.4) is 0 Å². The van der Waals surface area contributed by atoms with E-state index >= 15 is 0 Å². The first kappa shape index (κ1) is 20.8. The fourth-order valence-electron chi connectivity index (χ4n) is 3.04. The number of nitrogens with two attached hydrogens (primary N) is 1. The second kappa shape index (κ2) is 8.19. The Labute approximate surface area is 164 Å². The van der Waals surface area contributed by atoms with Crippen LogP contribution in [-0.4, -0.2) is 57.6 Å². The molecule has 1 fully saturated rings. The summed E-state index contributed by atoms with van der Waals surface area (Å²) in [4.78, 5) is 35.7. The van der Waals surface area contributed by atoms with Gasteiger partial charge >= 0.3 is 6.18 Å². The number of piperazine rings is 1. The van der Waals surface area contributed by atoms with Crippen molar-refractivity contribution in [3.8, 4) is 0 Å². The fourth-order valence-corrected chi connectivity index (χ4v) is 3.04. The summed E-state index contributed by atoms with van der Waals surface area (Å²) >= 11 is 0. The van der Waals surface area contributed by atoms with E-state index in [0.717, 1.165) is 12.4 Å². The number of pyridine rings is 1. The maximum absolute atomic E-state index is 12.8. The van der Waals surface area contributed by atoms with Gasteiger partial charge in [-0.25, -0.2) is 9.97 Å². The summed E-state index contributed by atoms with van der Waals surface area (Å²) in [6.07, 6.45) is 0.0745. The summed E-state index contributed by atoms with van der Waals surface area (Å²) in [6, 6.07) is 1.20. The number of nitrogens with zero attached hydrogens (tertiary/aromatic N) is 5. The molecule has 1 atom stereocenters. The van der Waals surface area contributed by atoms with Crippen LogP contribution in [0.4, 0.5) is 19.1 Å². The molecule has 0 spiro atoms. The number of halogens is 3. The summed E-state index contributed by atoms with van der Waals surface area (Å²) in [5, 5.41) is 0. The van der Waals surface area contributed by atoms with E-state index in [0.29, 0.717) is 32.7 Å². The van der Waals surface area contributed by atoms with Crippen molar-refractivity contribution in [1.29, 1.82) is 0 Å². The molecule has 3 rings (SSSR count). The molecule has 0 saturated carbocycles. The molecule has 3 heterocycles. The van der Waals surface area contributed by atoms with E-state index in [-0.39, 0.29) is 28.9 Å². The summed E-state index contributed by atoms with van der Waals surface area (Å²) in [6.45, 7) is 3.58. The van der Waals surface area contributed by atoms with Crippen LogP contribution in [0.15, 0.2) is 35.6 Å². The lowest BCUT2D eigenvalue weighted by Crippen LogP contribution is -2.50. The molecule has 1 aliphatic rings. The zero-order valence-corrected chi connectivity index (χ0v) is 15.8. The first-order valence-electron chi connectivity index (χ1n) is 9.04. The maximum Gasteiger partial charge on any atom is 0.419 e. The smallest absolute Gasteiger partial charge is 0.352 e. The topological polar surface area (TPSA) is 97.3 Å². The predicted molar refractivity (Wildman–Crippen MR) is 99.5 cm³/mol. The molecule has 156 valence electrons. The maximum atomic E-state index is 12.8. The first-order valence-corrected chi connectivity index (χ1v) is 9.04. The minimum atomic E-state index is -4.49. The number of hydrogen-bond acceptors (Lipinski definition) is 6. The third kappa shape index (κ3) is 4.91. The van der Waals surface area contributed by atoms with Gasteiger partial charge in [-0.2, -0.15) is 13.2 Å². The molecule has 0 bridgehead atoms. The second-order valence-corrected chi connectivity index (χ2v) is 6.95. The molecule has 0 radical (unpaired) electrons. The third-order valence-electron chi connectivity index (χ3n) is 4.52. The molecule has 0 aliphatic carbocycles. The minimum absolute atomic E-state index is 0.0624. The highest BCUT2D eigenvalue weighted by Crippen LogP contribution is 2.28. The zero-order valence-electron chi connectivity index (χ0n) is 15.8. The largest absolute Gasteiger partial charge is 0.419 e. The van der Waals surface area contributed by atoms with Crippen LogP contribution in [0.2, 0.25) is 0 Å². The van der Waals surface area contributed by atoms with Crippen molar-refractivity contribution < 1.29 is 18.0 Å². The number of aromatic nitrogens is 3. The van der Waals surface area contributed by atoms with E-state index in [4.69, 9.17) is 5.73 Å². The average molecular weight is 410 g/mol. The Morgan fingerprint density at radius 1 is 1.21 bits per heavy atom. The van der Waals surface area contributed by atoms with Crippen LogP contribution in [0.25, 0.3) is 0 Å². The lowest BCUT2D eigenvalue weighted by molar-refractivity contribution is -0.138. The van der Waals surface area contributed by atoms with E-state index in [1.165, 1.54) is 17.2 Å². The number of carbonyl (C=O) groups is 1. The Bertz CT molecular complexity index is 918. The molecule has 29 heavy (non-hydrogen) atoms. The van der Waals surface area contributed by atoms with Gasteiger partial charge in [0.05, 0.1) is 5.56 Å². The molecule has 1 unspecified atom stereocenters. The monoisotopic (exact) mass is 410 g/mol. The van der Waals surface area contributed by atoms with Gasteiger partial charge in [-0.15, -0.1) is 0 Å². The van der Waals surface area contributed by atoms with Crippen molar-refractivity contribution in [2.45, 2.75) is 25.7 Å². The Hall–Kier alpha value is -2.95. The molecule has 1 aliphatic heterocycles. The summed E-state index contributed by atoms with van der Waals surface area (Å²) < 4.78 is 39.6. The van der Waals surface area contributed by atoms with Crippen molar-refractivity contribution in [3.05, 3.63) is 52.2 Å². The Morgan fingerprint density at radius 2 is 1.83 bits per heavy atom. The Morgan fingerprint density at radius 3 is 2.38 bits per heavy atom. The lowest BCUT2D eigenvalue weighted by atomic mass is 10.2. The molecule has 2 aromatic rings. The van der Waals surface area contributed by atoms with Gasteiger partial charge in [0.2, 0.25) is 5.95 Å². The van der Waals surface area contributed by atoms with Crippen molar-refractivity contribution in [2.24, 2.45) is 5.73 Å². The fraction of sp³-hybridized carbons (Fsp3) is 0.444. The van der Waals surface area contributed by atoms with Gasteiger partial charge < -0.3 is 20.1 Å². The van der Waals surface area contributed by atoms with Crippen LogP contribution in [-0.2, 0) is 12.7 Å². The summed E-state index contributed by atoms with van der Waals surface area (Å²) in [7, 11) is 0. The quantitative estimate of drug-likeness (QED) is 0.807. The SMILES string of the molecule is CC(N)Cn1ccc(=O)c(C(=O)N2CCN(c3ncc(C(F)(F)F)cn3)CC2)c1. The van der Waals surface area contributed by atoms with Crippen LogP contribution < -0.4 is 16.1 Å². The highest BCUT2D eigenvalue weighted by Gasteiger charge is 2.32. The number of rotatable bonds is 4. The van der Waals surface area contributed by atoms with Gasteiger partial charge in [-0.1, -0.05) is 0 Å². The van der Waals surface area contributed by atoms with E-state index in [1.54, 1.807) is 15.7 Å². The molecule has 2 aromatic heterocycles. The highest BCUT2D eigenvalue weighted by atomic mass is 19.4. The van der Waals surface area contributed by atoms with Gasteiger partial charge in [-0.05, 0) is 6.92 Å². The standard InChI is InChI=1S/C18H21F3N6O2/c1-12(22)10-25-3-2-15(28)14(11-25)16(29)26-4-6-27(7-5-26)17-23-8-13(9-24-17)18(19,20)21/h2-3,8-9,11-12H,4-7,10,22H2,1H3. The lowest BCUT2D eigenvalue weighted by Gasteiger charge is -2.34. The van der Waals surface area contributed by atoms with Gasteiger partial charge in [0.15, 0.2) is 5.43 Å². The molecule has 0 aromatic carbocycles. The second-order valence-electron chi connectivity index (χ2n) is 6.95. The van der Waals surface area contributed by atoms with Gasteiger partial charge in [0.25, 0.3) is 5.91 Å². The molecular formula is C18H21F3N6O2. The van der Waals surface area contributed by atoms with Crippen molar-refractivity contribution >= 4 is 11.9 Å². The number of hydrogen-bond donors (Lipinski definition) is 1. The molecule has 1 saturated heterocycles. The molecule has 11 heteroatoms. The van der Waals surface area contributed by atoms with Crippen molar-refractivity contribution in [2.75, 3.05) is 31.1 Å². The normalized spacial score (nSPS) is 16.0. The van der Waals surface area contributed by atoms with Crippen LogP contribution >= 0.6 is 0 Å². The zero-order chi connectivity index (χ0) is 21.2. The van der Waals surface area contributed by atoms with E-state index < -0.39 is 11.7 Å². The van der Waals surface area contributed by atoms with Crippen LogP contribution in [0.1, 0.15) is 22.8 Å². The first-order chi connectivity index (χ1) is 13.6. The number of carbonyl (C=O) groups excluding carboxylic acids is 1. The van der Waals surface area contributed by atoms with Crippen molar-refractivity contribution in [1.82, 2.24) is 19.4 Å². The van der Waals surface area contributed by atoms with E-state index in [9.17, 15) is 22.8 Å². The van der Waals surface area contributed by atoms with Crippen LogP contribution in [0, 0.1) is 0 Å². The van der Waals surface area contributed by atoms with Crippen LogP contribution in [0.5, 0.6) is 0 Å². The Balaban J connectivity index is 1.66. The third-order valence-corrected chi connectivity index (χ3v) is 4.52. The average Bonchev–Trinajstić information content (AvgIpc) is 2.68. The van der Waals surface area contributed by atoms with Gasteiger partial charge in [0, 0.05) is 69.6 Å². The Kier molecular flexibility index (Phi) is 5.87. The van der Waals surface area contributed by atoms with Gasteiger partial charge in [0.1, 0.15) is 5.56 Å². The molecule has 2 N–H and O–H groups in total. The molecule has 1 amide bonds. The number of anilines is 1. The van der Waals surface area contributed by atoms with E-state index in [2.05, 4.69) is 9.97 Å². The van der Waals surface area contributed by atoms with Crippen molar-refractivity contribution in [3.63, 3.8) is 0 Å². The van der Waals surface area contributed by atoms with E-state index in [1.807, 2.05) is 6.92 Å². The molecular weight excluding hydrogens is 389 g/mol. The molecule has 8 nitrogen and oxygen atoms in total. The predicted octanol–water partition coefficient (Wildman–Crippen LogP) is 0.967. The number of alkyl halides is 3. The summed E-state index contributed by atoms with van der Waals surface area (Å²) in [5.74, 6) is -0.217. The number of amides is 1.